The maximum atomic E-state index is 10.8. The zero-order valence-electron chi connectivity index (χ0n) is 9.51. The van der Waals surface area contributed by atoms with Crippen molar-refractivity contribution in [2.45, 2.75) is 12.5 Å². The van der Waals surface area contributed by atoms with Crippen LogP contribution >= 0.6 is 0 Å². The number of hydrogen-bond acceptors (Lipinski definition) is 4. The Labute approximate surface area is 98.9 Å². The van der Waals surface area contributed by atoms with E-state index in [0.717, 1.165) is 6.42 Å². The van der Waals surface area contributed by atoms with Crippen molar-refractivity contribution in [1.82, 2.24) is 0 Å². The van der Waals surface area contributed by atoms with E-state index in [1.54, 1.807) is 6.07 Å². The van der Waals surface area contributed by atoms with Crippen LogP contribution < -0.4 is 9.47 Å². The lowest BCUT2D eigenvalue weighted by atomic mass is 10.2. The van der Waals surface area contributed by atoms with Gasteiger partial charge in [-0.1, -0.05) is 0 Å². The Kier molecular flexibility index (Phi) is 3.49. The minimum absolute atomic E-state index is 0.0135. The molecule has 1 aromatic carbocycles. The van der Waals surface area contributed by atoms with Crippen molar-refractivity contribution >= 4 is 5.97 Å². The van der Waals surface area contributed by atoms with Crippen molar-refractivity contribution < 1.29 is 24.1 Å². The summed E-state index contributed by atoms with van der Waals surface area (Å²) >= 11 is 0. The summed E-state index contributed by atoms with van der Waals surface area (Å²) in [4.78, 5) is 10.8. The molecule has 0 spiro atoms. The largest absolute Gasteiger partial charge is 0.493 e. The van der Waals surface area contributed by atoms with Crippen LogP contribution in [0.3, 0.4) is 0 Å². The first-order chi connectivity index (χ1) is 8.20. The third-order valence-electron chi connectivity index (χ3n) is 2.59. The minimum Gasteiger partial charge on any atom is -0.493 e. The van der Waals surface area contributed by atoms with E-state index in [1.807, 2.05) is 0 Å². The number of carboxylic acids is 1. The van der Waals surface area contributed by atoms with Crippen LogP contribution in [0.1, 0.15) is 16.8 Å². The molecule has 1 aromatic rings. The molecule has 1 atom stereocenters. The number of ether oxygens (including phenoxy) is 3. The second-order valence-electron chi connectivity index (χ2n) is 3.77. The summed E-state index contributed by atoms with van der Waals surface area (Å²) in [6.45, 7) is 1.25. The van der Waals surface area contributed by atoms with Gasteiger partial charge in [0, 0.05) is 6.42 Å². The molecule has 0 aliphatic carbocycles. The number of carboxylic acid groups (broad SMARTS) is 1. The van der Waals surface area contributed by atoms with Gasteiger partial charge in [-0.15, -0.1) is 0 Å². The Morgan fingerprint density at radius 2 is 2.29 bits per heavy atom. The predicted octanol–water partition coefficient (Wildman–Crippen LogP) is 1.56. The molecule has 1 fully saturated rings. The van der Waals surface area contributed by atoms with E-state index < -0.39 is 5.97 Å². The molecule has 0 bridgehead atoms. The Morgan fingerprint density at radius 1 is 1.47 bits per heavy atom. The van der Waals surface area contributed by atoms with Gasteiger partial charge in [-0.05, 0) is 18.2 Å². The number of carbonyl (C=O) groups is 1. The molecular formula is C12H14O5. The quantitative estimate of drug-likeness (QED) is 0.862. The molecule has 1 saturated heterocycles. The van der Waals surface area contributed by atoms with Gasteiger partial charge in [-0.3, -0.25) is 0 Å². The third kappa shape index (κ3) is 2.68. The molecule has 2 rings (SSSR count). The van der Waals surface area contributed by atoms with Crippen LogP contribution in [0, 0.1) is 0 Å². The minimum atomic E-state index is -0.987. The fourth-order valence-corrected chi connectivity index (χ4v) is 1.68. The highest BCUT2D eigenvalue weighted by Gasteiger charge is 2.19. The first-order valence-corrected chi connectivity index (χ1v) is 5.36. The van der Waals surface area contributed by atoms with Gasteiger partial charge in [-0.25, -0.2) is 4.79 Å². The lowest BCUT2D eigenvalue weighted by molar-refractivity contribution is 0.0696. The standard InChI is InChI=1S/C12H14O5/c1-15-11-6-8(12(13)14)2-3-10(11)17-9-4-5-16-7-9/h2-3,6,9H,4-5,7H2,1H3,(H,13,14)/t9-/m0/s1. The second-order valence-corrected chi connectivity index (χ2v) is 3.77. The van der Waals surface area contributed by atoms with Gasteiger partial charge >= 0.3 is 5.97 Å². The van der Waals surface area contributed by atoms with E-state index in [4.69, 9.17) is 19.3 Å². The van der Waals surface area contributed by atoms with Crippen molar-refractivity contribution in [3.8, 4) is 11.5 Å². The van der Waals surface area contributed by atoms with E-state index in [9.17, 15) is 4.79 Å². The molecule has 1 aliphatic rings. The average molecular weight is 238 g/mol. The molecule has 5 nitrogen and oxygen atoms in total. The van der Waals surface area contributed by atoms with Crippen molar-refractivity contribution in [3.63, 3.8) is 0 Å². The van der Waals surface area contributed by atoms with E-state index in [0.29, 0.717) is 24.7 Å². The lowest BCUT2D eigenvalue weighted by Crippen LogP contribution is -2.16. The first-order valence-electron chi connectivity index (χ1n) is 5.36. The predicted molar refractivity (Wildman–Crippen MR) is 59.8 cm³/mol. The fraction of sp³-hybridized carbons (Fsp3) is 0.417. The SMILES string of the molecule is COc1cc(C(=O)O)ccc1O[C@H]1CCOC1. The molecular weight excluding hydrogens is 224 g/mol. The smallest absolute Gasteiger partial charge is 0.335 e. The molecule has 0 saturated carbocycles. The van der Waals surface area contributed by atoms with Crippen LogP contribution in [0.15, 0.2) is 18.2 Å². The van der Waals surface area contributed by atoms with Crippen LogP contribution in [0.4, 0.5) is 0 Å². The highest BCUT2D eigenvalue weighted by Crippen LogP contribution is 2.30. The van der Waals surface area contributed by atoms with Gasteiger partial charge in [0.25, 0.3) is 0 Å². The Bertz CT molecular complexity index is 409. The zero-order chi connectivity index (χ0) is 12.3. The van der Waals surface area contributed by atoms with Crippen LogP contribution in [-0.4, -0.2) is 37.5 Å². The van der Waals surface area contributed by atoms with Crippen molar-refractivity contribution in [2.24, 2.45) is 0 Å². The van der Waals surface area contributed by atoms with Crippen LogP contribution in [-0.2, 0) is 4.74 Å². The molecule has 0 aromatic heterocycles. The molecule has 0 radical (unpaired) electrons. The van der Waals surface area contributed by atoms with Gasteiger partial charge in [-0.2, -0.15) is 0 Å². The highest BCUT2D eigenvalue weighted by atomic mass is 16.6. The first kappa shape index (κ1) is 11.7. The average Bonchev–Trinajstić information content (AvgIpc) is 2.82. The topological polar surface area (TPSA) is 65.0 Å². The van der Waals surface area contributed by atoms with Gasteiger partial charge < -0.3 is 19.3 Å². The van der Waals surface area contributed by atoms with E-state index in [-0.39, 0.29) is 11.7 Å². The molecule has 92 valence electrons. The molecule has 5 heteroatoms. The lowest BCUT2D eigenvalue weighted by Gasteiger charge is -2.15. The second kappa shape index (κ2) is 5.05. The Balaban J connectivity index is 2.18. The van der Waals surface area contributed by atoms with E-state index >= 15 is 0 Å². The van der Waals surface area contributed by atoms with E-state index in [2.05, 4.69) is 0 Å². The molecule has 1 N–H and O–H groups in total. The zero-order valence-corrected chi connectivity index (χ0v) is 9.51. The number of aromatic carboxylic acids is 1. The van der Waals surface area contributed by atoms with Gasteiger partial charge in [0.05, 0.1) is 25.9 Å². The molecule has 17 heavy (non-hydrogen) atoms. The van der Waals surface area contributed by atoms with Crippen LogP contribution in [0.5, 0.6) is 11.5 Å². The van der Waals surface area contributed by atoms with E-state index in [1.165, 1.54) is 19.2 Å². The summed E-state index contributed by atoms with van der Waals surface area (Å²) in [5.41, 5.74) is 0.178. The summed E-state index contributed by atoms with van der Waals surface area (Å²) in [5.74, 6) is -0.0103. The summed E-state index contributed by atoms with van der Waals surface area (Å²) < 4.78 is 16.0. The van der Waals surface area contributed by atoms with Gasteiger partial charge in [0.2, 0.25) is 0 Å². The van der Waals surface area contributed by atoms with Crippen molar-refractivity contribution in [1.29, 1.82) is 0 Å². The van der Waals surface area contributed by atoms with Gasteiger partial charge in [0.1, 0.15) is 6.10 Å². The number of benzene rings is 1. The molecule has 0 unspecified atom stereocenters. The Morgan fingerprint density at radius 3 is 2.88 bits per heavy atom. The van der Waals surface area contributed by atoms with Gasteiger partial charge in [0.15, 0.2) is 11.5 Å². The number of rotatable bonds is 4. The highest BCUT2D eigenvalue weighted by molar-refractivity contribution is 5.88. The van der Waals surface area contributed by atoms with Crippen LogP contribution in [0.25, 0.3) is 0 Å². The summed E-state index contributed by atoms with van der Waals surface area (Å²) in [6.07, 6.45) is 0.851. The fourth-order valence-electron chi connectivity index (χ4n) is 1.68. The molecule has 1 heterocycles. The van der Waals surface area contributed by atoms with Crippen molar-refractivity contribution in [3.05, 3.63) is 23.8 Å². The maximum Gasteiger partial charge on any atom is 0.335 e. The monoisotopic (exact) mass is 238 g/mol. The van der Waals surface area contributed by atoms with Crippen LogP contribution in [0.2, 0.25) is 0 Å². The Hall–Kier alpha value is -1.75. The van der Waals surface area contributed by atoms with Crippen molar-refractivity contribution in [2.75, 3.05) is 20.3 Å². The molecule has 1 aliphatic heterocycles. The summed E-state index contributed by atoms with van der Waals surface area (Å²) in [6, 6.07) is 4.56. The molecule has 0 amide bonds. The summed E-state index contributed by atoms with van der Waals surface area (Å²) in [5, 5.41) is 8.86. The normalized spacial score (nSPS) is 19.0. The number of hydrogen-bond donors (Lipinski definition) is 1. The maximum absolute atomic E-state index is 10.8. The summed E-state index contributed by atoms with van der Waals surface area (Å²) in [7, 11) is 1.49. The third-order valence-corrected chi connectivity index (χ3v) is 2.59. The number of methoxy groups -OCH3 is 1.